The molecule has 0 heterocycles. The molecule has 0 aromatic heterocycles. The van der Waals surface area contributed by atoms with Crippen molar-refractivity contribution in [2.45, 2.75) is 39.5 Å². The van der Waals surface area contributed by atoms with Crippen molar-refractivity contribution in [1.82, 2.24) is 0 Å². The number of ether oxygens (including phenoxy) is 1. The van der Waals surface area contributed by atoms with Gasteiger partial charge in [-0.25, -0.2) is 4.79 Å². The molecule has 0 aliphatic carbocycles. The zero-order chi connectivity index (χ0) is 14.1. The Morgan fingerprint density at radius 2 is 1.72 bits per heavy atom. The molecule has 0 N–H and O–H groups in total. The van der Waals surface area contributed by atoms with Crippen molar-refractivity contribution in [3.63, 3.8) is 0 Å². The zero-order valence-corrected chi connectivity index (χ0v) is 10.7. The summed E-state index contributed by atoms with van der Waals surface area (Å²) in [6, 6.07) is 2.97. The first-order chi connectivity index (χ1) is 8.00. The first-order valence-electron chi connectivity index (χ1n) is 5.42. The summed E-state index contributed by atoms with van der Waals surface area (Å²) in [5, 5.41) is 0. The lowest BCUT2D eigenvalue weighted by atomic mass is 10.0. The lowest BCUT2D eigenvalue weighted by Crippen LogP contribution is -2.24. The third-order valence-electron chi connectivity index (χ3n) is 2.17. The minimum Gasteiger partial charge on any atom is -0.456 e. The minimum atomic E-state index is -4.41. The van der Waals surface area contributed by atoms with E-state index in [0.717, 1.165) is 18.2 Å². The molecule has 100 valence electrons. The number of hydrogen-bond acceptors (Lipinski definition) is 2. The van der Waals surface area contributed by atoms with Crippen molar-refractivity contribution in [1.29, 1.82) is 0 Å². The summed E-state index contributed by atoms with van der Waals surface area (Å²) in [4.78, 5) is 11.7. The van der Waals surface area contributed by atoms with Crippen LogP contribution in [0.25, 0.3) is 0 Å². The van der Waals surface area contributed by atoms with Crippen LogP contribution < -0.4 is 0 Å². The molecule has 0 unspecified atom stereocenters. The zero-order valence-electron chi connectivity index (χ0n) is 10.7. The number of benzene rings is 1. The fourth-order valence-electron chi connectivity index (χ4n) is 1.40. The summed E-state index contributed by atoms with van der Waals surface area (Å²) in [7, 11) is 0. The van der Waals surface area contributed by atoms with E-state index >= 15 is 0 Å². The Kier molecular flexibility index (Phi) is 3.74. The molecule has 18 heavy (non-hydrogen) atoms. The molecule has 0 spiro atoms. The molecular weight excluding hydrogens is 245 g/mol. The lowest BCUT2D eigenvalue weighted by Gasteiger charge is -2.20. The third-order valence-corrected chi connectivity index (χ3v) is 2.17. The molecule has 0 fully saturated rings. The van der Waals surface area contributed by atoms with E-state index in [1.165, 1.54) is 6.92 Å². The van der Waals surface area contributed by atoms with E-state index in [2.05, 4.69) is 0 Å². The second-order valence-corrected chi connectivity index (χ2v) is 5.03. The standard InChI is InChI=1S/C13H15F3O2/c1-8-7-9(13(14,15)16)5-6-10(8)11(17)18-12(2,3)4/h5-7H,1-4H3. The van der Waals surface area contributed by atoms with Crippen LogP contribution in [0.5, 0.6) is 0 Å². The molecule has 0 amide bonds. The molecule has 0 saturated heterocycles. The predicted octanol–water partition coefficient (Wildman–Crippen LogP) is 3.97. The summed E-state index contributed by atoms with van der Waals surface area (Å²) in [6.45, 7) is 6.55. The van der Waals surface area contributed by atoms with Gasteiger partial charge in [0.25, 0.3) is 0 Å². The van der Waals surface area contributed by atoms with Gasteiger partial charge in [0.2, 0.25) is 0 Å². The Balaban J connectivity index is 3.03. The summed E-state index contributed by atoms with van der Waals surface area (Å²) in [5.74, 6) is -0.617. The van der Waals surface area contributed by atoms with Gasteiger partial charge in [-0.1, -0.05) is 0 Å². The van der Waals surface area contributed by atoms with Gasteiger partial charge >= 0.3 is 12.1 Å². The Morgan fingerprint density at radius 3 is 2.11 bits per heavy atom. The maximum atomic E-state index is 12.5. The van der Waals surface area contributed by atoms with E-state index in [0.29, 0.717) is 0 Å². The number of carbonyl (C=O) groups excluding carboxylic acids is 1. The van der Waals surface area contributed by atoms with Crippen molar-refractivity contribution in [3.05, 3.63) is 34.9 Å². The Morgan fingerprint density at radius 1 is 1.17 bits per heavy atom. The van der Waals surface area contributed by atoms with E-state index < -0.39 is 23.3 Å². The van der Waals surface area contributed by atoms with Gasteiger partial charge in [-0.15, -0.1) is 0 Å². The normalized spacial score (nSPS) is 12.4. The maximum absolute atomic E-state index is 12.5. The highest BCUT2D eigenvalue weighted by atomic mass is 19.4. The van der Waals surface area contributed by atoms with Crippen LogP contribution in [0.15, 0.2) is 18.2 Å². The topological polar surface area (TPSA) is 26.3 Å². The maximum Gasteiger partial charge on any atom is 0.416 e. The summed E-state index contributed by atoms with van der Waals surface area (Å²) in [5.41, 5.74) is -1.05. The van der Waals surface area contributed by atoms with Crippen LogP contribution in [0.3, 0.4) is 0 Å². The fraction of sp³-hybridized carbons (Fsp3) is 0.462. The Hall–Kier alpha value is -1.52. The smallest absolute Gasteiger partial charge is 0.416 e. The van der Waals surface area contributed by atoms with E-state index in [9.17, 15) is 18.0 Å². The molecule has 0 aliphatic rings. The molecule has 0 aliphatic heterocycles. The first kappa shape index (κ1) is 14.5. The molecule has 0 atom stereocenters. The minimum absolute atomic E-state index is 0.151. The second-order valence-electron chi connectivity index (χ2n) is 5.03. The first-order valence-corrected chi connectivity index (χ1v) is 5.42. The number of carbonyl (C=O) groups is 1. The number of halogens is 3. The predicted molar refractivity (Wildman–Crippen MR) is 61.3 cm³/mol. The molecule has 0 bridgehead atoms. The molecule has 5 heteroatoms. The van der Waals surface area contributed by atoms with E-state index in [1.54, 1.807) is 20.8 Å². The van der Waals surface area contributed by atoms with Crippen molar-refractivity contribution in [2.24, 2.45) is 0 Å². The molecule has 1 aromatic rings. The van der Waals surface area contributed by atoms with Gasteiger partial charge in [-0.2, -0.15) is 13.2 Å². The third kappa shape index (κ3) is 3.75. The summed E-state index contributed by atoms with van der Waals surface area (Å²) in [6.07, 6.45) is -4.41. The van der Waals surface area contributed by atoms with Crippen molar-refractivity contribution < 1.29 is 22.7 Å². The Labute approximate surface area is 104 Å². The molecule has 1 aromatic carbocycles. The number of hydrogen-bond donors (Lipinski definition) is 0. The average Bonchev–Trinajstić information content (AvgIpc) is 2.12. The van der Waals surface area contributed by atoms with Gasteiger partial charge in [-0.05, 0) is 51.5 Å². The van der Waals surface area contributed by atoms with E-state index in [-0.39, 0.29) is 11.1 Å². The van der Waals surface area contributed by atoms with Crippen LogP contribution in [-0.2, 0) is 10.9 Å². The number of alkyl halides is 3. The average molecular weight is 260 g/mol. The number of rotatable bonds is 1. The van der Waals surface area contributed by atoms with Crippen LogP contribution in [-0.4, -0.2) is 11.6 Å². The Bertz CT molecular complexity index is 456. The molecular formula is C13H15F3O2. The highest BCUT2D eigenvalue weighted by Gasteiger charge is 2.31. The van der Waals surface area contributed by atoms with E-state index in [4.69, 9.17) is 4.74 Å². The van der Waals surface area contributed by atoms with Crippen LogP contribution in [0.1, 0.15) is 42.3 Å². The summed E-state index contributed by atoms with van der Waals surface area (Å²) >= 11 is 0. The van der Waals surface area contributed by atoms with E-state index in [1.807, 2.05) is 0 Å². The second kappa shape index (κ2) is 4.63. The van der Waals surface area contributed by atoms with Gasteiger partial charge in [0.1, 0.15) is 5.60 Å². The highest BCUT2D eigenvalue weighted by molar-refractivity contribution is 5.91. The quantitative estimate of drug-likeness (QED) is 0.714. The van der Waals surface area contributed by atoms with Crippen molar-refractivity contribution in [3.8, 4) is 0 Å². The molecule has 1 rings (SSSR count). The van der Waals surface area contributed by atoms with Crippen LogP contribution in [0.2, 0.25) is 0 Å². The van der Waals surface area contributed by atoms with Gasteiger partial charge in [0.15, 0.2) is 0 Å². The SMILES string of the molecule is Cc1cc(C(F)(F)F)ccc1C(=O)OC(C)(C)C. The van der Waals surface area contributed by atoms with Crippen LogP contribution >= 0.6 is 0 Å². The lowest BCUT2D eigenvalue weighted by molar-refractivity contribution is -0.137. The molecule has 2 nitrogen and oxygen atoms in total. The van der Waals surface area contributed by atoms with Crippen molar-refractivity contribution in [2.75, 3.05) is 0 Å². The number of esters is 1. The van der Waals surface area contributed by atoms with Gasteiger partial charge in [0, 0.05) is 0 Å². The van der Waals surface area contributed by atoms with Crippen molar-refractivity contribution >= 4 is 5.97 Å². The monoisotopic (exact) mass is 260 g/mol. The molecule has 0 saturated carbocycles. The largest absolute Gasteiger partial charge is 0.456 e. The highest BCUT2D eigenvalue weighted by Crippen LogP contribution is 2.30. The van der Waals surface area contributed by atoms with Crippen LogP contribution in [0, 0.1) is 6.92 Å². The fourth-order valence-corrected chi connectivity index (χ4v) is 1.40. The number of aryl methyl sites for hydroxylation is 1. The summed E-state index contributed by atoms with van der Waals surface area (Å²) < 4.78 is 42.5. The molecule has 0 radical (unpaired) electrons. The van der Waals surface area contributed by atoms with Gasteiger partial charge < -0.3 is 4.74 Å². The van der Waals surface area contributed by atoms with Crippen LogP contribution in [0.4, 0.5) is 13.2 Å². The van der Waals surface area contributed by atoms with Gasteiger partial charge in [-0.3, -0.25) is 0 Å². The van der Waals surface area contributed by atoms with Gasteiger partial charge in [0.05, 0.1) is 11.1 Å².